The molecule has 1 unspecified atom stereocenters. The summed E-state index contributed by atoms with van der Waals surface area (Å²) < 4.78 is 6.99. The smallest absolute Gasteiger partial charge is 0.137 e. The Hall–Kier alpha value is -0.840. The highest BCUT2D eigenvalue weighted by Crippen LogP contribution is 2.26. The number of rotatable bonds is 4. The second-order valence-electron chi connectivity index (χ2n) is 3.81. The maximum atomic E-state index is 5.90. The van der Waals surface area contributed by atoms with Crippen LogP contribution in [-0.2, 0) is 0 Å². The quantitative estimate of drug-likeness (QED) is 0.929. The van der Waals surface area contributed by atoms with E-state index in [1.807, 2.05) is 36.6 Å². The van der Waals surface area contributed by atoms with E-state index in [0.717, 1.165) is 21.3 Å². The first-order chi connectivity index (χ1) is 8.20. The third kappa shape index (κ3) is 3.09. The summed E-state index contributed by atoms with van der Waals surface area (Å²) in [5.74, 6) is 0.854. The highest BCUT2D eigenvalue weighted by atomic mass is 79.9. The topological polar surface area (TPSA) is 35.2 Å². The van der Waals surface area contributed by atoms with Crippen LogP contribution in [0.3, 0.4) is 0 Å². The van der Waals surface area contributed by atoms with Crippen molar-refractivity contribution in [2.75, 3.05) is 6.54 Å². The minimum absolute atomic E-state index is 0.0678. The van der Waals surface area contributed by atoms with Crippen molar-refractivity contribution < 1.29 is 4.74 Å². The van der Waals surface area contributed by atoms with Crippen LogP contribution >= 0.6 is 27.3 Å². The lowest BCUT2D eigenvalue weighted by Gasteiger charge is -2.17. The Morgan fingerprint density at radius 3 is 2.82 bits per heavy atom. The van der Waals surface area contributed by atoms with E-state index in [1.54, 1.807) is 11.3 Å². The van der Waals surface area contributed by atoms with Crippen LogP contribution in [0.1, 0.15) is 17.2 Å². The van der Waals surface area contributed by atoms with E-state index in [2.05, 4.69) is 21.3 Å². The number of benzene rings is 1. The second kappa shape index (κ2) is 5.67. The molecule has 1 aromatic carbocycles. The number of halogens is 1. The summed E-state index contributed by atoms with van der Waals surface area (Å²) in [6, 6.07) is 8.00. The third-order valence-electron chi connectivity index (χ3n) is 2.54. The molecule has 1 aromatic heterocycles. The molecule has 0 aliphatic heterocycles. The van der Waals surface area contributed by atoms with E-state index in [9.17, 15) is 0 Å². The fraction of sp³-hybridized carbons (Fsp3) is 0.231. The monoisotopic (exact) mass is 311 g/mol. The van der Waals surface area contributed by atoms with Crippen molar-refractivity contribution in [3.8, 4) is 5.75 Å². The van der Waals surface area contributed by atoms with E-state index in [-0.39, 0.29) is 6.10 Å². The first-order valence-corrected chi connectivity index (χ1v) is 7.09. The van der Waals surface area contributed by atoms with Gasteiger partial charge < -0.3 is 10.5 Å². The standard InChI is InChI=1S/C13H14BrNOS/c1-9-6-11(2-3-12(9)14)16-13(7-15)10-4-5-17-8-10/h2-6,8,13H,7,15H2,1H3. The highest BCUT2D eigenvalue weighted by molar-refractivity contribution is 9.10. The second-order valence-corrected chi connectivity index (χ2v) is 5.44. The molecule has 0 fully saturated rings. The Morgan fingerprint density at radius 2 is 2.24 bits per heavy atom. The lowest BCUT2D eigenvalue weighted by Crippen LogP contribution is -2.17. The van der Waals surface area contributed by atoms with Crippen LogP contribution < -0.4 is 10.5 Å². The zero-order valence-corrected chi connectivity index (χ0v) is 11.9. The van der Waals surface area contributed by atoms with E-state index in [0.29, 0.717) is 6.54 Å². The number of ether oxygens (including phenoxy) is 1. The van der Waals surface area contributed by atoms with E-state index in [4.69, 9.17) is 10.5 Å². The van der Waals surface area contributed by atoms with Crippen molar-refractivity contribution in [2.24, 2.45) is 5.73 Å². The maximum absolute atomic E-state index is 5.90. The molecule has 2 N–H and O–H groups in total. The molecule has 0 saturated carbocycles. The van der Waals surface area contributed by atoms with E-state index >= 15 is 0 Å². The zero-order valence-electron chi connectivity index (χ0n) is 9.52. The number of nitrogens with two attached hydrogens (primary N) is 1. The molecular weight excluding hydrogens is 298 g/mol. The molecule has 1 heterocycles. The van der Waals surface area contributed by atoms with Crippen molar-refractivity contribution in [1.82, 2.24) is 0 Å². The van der Waals surface area contributed by atoms with Gasteiger partial charge in [-0.05, 0) is 47.5 Å². The van der Waals surface area contributed by atoms with Gasteiger partial charge in [0, 0.05) is 16.6 Å². The summed E-state index contributed by atoms with van der Waals surface area (Å²) in [6.07, 6.45) is -0.0678. The molecule has 0 radical (unpaired) electrons. The summed E-state index contributed by atoms with van der Waals surface area (Å²) >= 11 is 5.13. The van der Waals surface area contributed by atoms with E-state index < -0.39 is 0 Å². The molecule has 90 valence electrons. The molecule has 17 heavy (non-hydrogen) atoms. The molecule has 0 bridgehead atoms. The largest absolute Gasteiger partial charge is 0.484 e. The summed E-state index contributed by atoms with van der Waals surface area (Å²) in [7, 11) is 0. The number of thiophene rings is 1. The van der Waals surface area contributed by atoms with Gasteiger partial charge in [-0.25, -0.2) is 0 Å². The van der Waals surface area contributed by atoms with Crippen molar-refractivity contribution in [1.29, 1.82) is 0 Å². The normalized spacial score (nSPS) is 12.4. The van der Waals surface area contributed by atoms with Crippen LogP contribution in [0.25, 0.3) is 0 Å². The van der Waals surface area contributed by atoms with Crippen molar-refractivity contribution >= 4 is 27.3 Å². The van der Waals surface area contributed by atoms with Gasteiger partial charge in [-0.1, -0.05) is 15.9 Å². The van der Waals surface area contributed by atoms with Crippen LogP contribution in [0.5, 0.6) is 5.75 Å². The molecule has 0 saturated heterocycles. The van der Waals surface area contributed by atoms with Crippen LogP contribution in [0.15, 0.2) is 39.5 Å². The summed E-state index contributed by atoms with van der Waals surface area (Å²) in [6.45, 7) is 2.52. The Labute approximate surface area is 114 Å². The van der Waals surface area contributed by atoms with Gasteiger partial charge in [0.1, 0.15) is 11.9 Å². The molecule has 0 aliphatic carbocycles. The molecule has 0 amide bonds. The van der Waals surface area contributed by atoms with Crippen molar-refractivity contribution in [2.45, 2.75) is 13.0 Å². The zero-order chi connectivity index (χ0) is 12.3. The number of hydrogen-bond acceptors (Lipinski definition) is 3. The van der Waals surface area contributed by atoms with Crippen LogP contribution in [0, 0.1) is 6.92 Å². The van der Waals surface area contributed by atoms with Gasteiger partial charge in [-0.15, -0.1) is 0 Å². The van der Waals surface area contributed by atoms with Crippen molar-refractivity contribution in [3.05, 3.63) is 50.6 Å². The molecule has 2 aromatic rings. The molecule has 1 atom stereocenters. The van der Waals surface area contributed by atoms with Gasteiger partial charge in [0.15, 0.2) is 0 Å². The molecule has 0 aliphatic rings. The van der Waals surface area contributed by atoms with Gasteiger partial charge in [0.25, 0.3) is 0 Å². The average Bonchev–Trinajstić information content (AvgIpc) is 2.84. The Bertz CT molecular complexity index is 484. The molecule has 0 spiro atoms. The highest BCUT2D eigenvalue weighted by Gasteiger charge is 2.12. The predicted octanol–water partition coefficient (Wildman–Crippen LogP) is 3.90. The average molecular weight is 312 g/mol. The summed E-state index contributed by atoms with van der Waals surface area (Å²) in [4.78, 5) is 0. The minimum atomic E-state index is -0.0678. The van der Waals surface area contributed by atoms with Crippen LogP contribution in [0.4, 0.5) is 0 Å². The first-order valence-electron chi connectivity index (χ1n) is 5.35. The number of aryl methyl sites for hydroxylation is 1. The van der Waals surface area contributed by atoms with Crippen molar-refractivity contribution in [3.63, 3.8) is 0 Å². The van der Waals surface area contributed by atoms with Gasteiger partial charge >= 0.3 is 0 Å². The van der Waals surface area contributed by atoms with Gasteiger partial charge in [-0.3, -0.25) is 0 Å². The lowest BCUT2D eigenvalue weighted by atomic mass is 10.2. The Kier molecular flexibility index (Phi) is 4.20. The fourth-order valence-electron chi connectivity index (χ4n) is 1.57. The Balaban J connectivity index is 2.16. The Morgan fingerprint density at radius 1 is 1.41 bits per heavy atom. The van der Waals surface area contributed by atoms with E-state index in [1.165, 1.54) is 0 Å². The molecule has 2 rings (SSSR count). The van der Waals surface area contributed by atoms with Gasteiger partial charge in [-0.2, -0.15) is 11.3 Å². The maximum Gasteiger partial charge on any atom is 0.137 e. The predicted molar refractivity (Wildman–Crippen MR) is 75.6 cm³/mol. The molecule has 2 nitrogen and oxygen atoms in total. The van der Waals surface area contributed by atoms with Gasteiger partial charge in [0.2, 0.25) is 0 Å². The van der Waals surface area contributed by atoms with Gasteiger partial charge in [0.05, 0.1) is 0 Å². The molecular formula is C13H14BrNOS. The van der Waals surface area contributed by atoms with Crippen LogP contribution in [0.2, 0.25) is 0 Å². The lowest BCUT2D eigenvalue weighted by molar-refractivity contribution is 0.214. The SMILES string of the molecule is Cc1cc(OC(CN)c2ccsc2)ccc1Br. The fourth-order valence-corrected chi connectivity index (χ4v) is 2.51. The third-order valence-corrected chi connectivity index (χ3v) is 4.13. The first kappa shape index (κ1) is 12.6. The summed E-state index contributed by atoms with van der Waals surface area (Å²) in [5, 5.41) is 4.11. The summed E-state index contributed by atoms with van der Waals surface area (Å²) in [5.41, 5.74) is 8.04. The molecule has 4 heteroatoms. The van der Waals surface area contributed by atoms with Crippen LogP contribution in [-0.4, -0.2) is 6.54 Å². The number of hydrogen-bond donors (Lipinski definition) is 1. The minimum Gasteiger partial charge on any atom is -0.484 e.